The standard InChI is InChI=1S/C19H44O2Si2/c1-9-15-22(20-7,16-10-2)19(13-5,14-6)23(21-8,17-11-3)18-12-4/h9-18H2,1-8H3. The fourth-order valence-corrected chi connectivity index (χ4v) is 20.8. The molecule has 0 saturated carbocycles. The maximum Gasteiger partial charge on any atom is 0.197 e. The minimum absolute atomic E-state index is 0.349. The second-order valence-corrected chi connectivity index (χ2v) is 16.4. The average Bonchev–Trinajstić information content (AvgIpc) is 2.56. The summed E-state index contributed by atoms with van der Waals surface area (Å²) in [5, 5.41) is 0. The number of hydrogen-bond donors (Lipinski definition) is 0. The molecule has 0 radical (unpaired) electrons. The minimum Gasteiger partial charge on any atom is -0.420 e. The third-order valence-electron chi connectivity index (χ3n) is 6.35. The molecule has 4 heteroatoms. The molecule has 0 aromatic heterocycles. The van der Waals surface area contributed by atoms with E-state index < -0.39 is 16.6 Å². The van der Waals surface area contributed by atoms with E-state index in [1.54, 1.807) is 0 Å². The van der Waals surface area contributed by atoms with Crippen molar-refractivity contribution in [2.24, 2.45) is 0 Å². The van der Waals surface area contributed by atoms with E-state index in [1.165, 1.54) is 62.7 Å². The molecule has 0 aliphatic heterocycles. The Hall–Kier alpha value is 0.354. The van der Waals surface area contributed by atoms with Gasteiger partial charge in [0.25, 0.3) is 0 Å². The number of rotatable bonds is 14. The van der Waals surface area contributed by atoms with Crippen LogP contribution in [0.15, 0.2) is 0 Å². The van der Waals surface area contributed by atoms with Crippen LogP contribution in [-0.2, 0) is 8.85 Å². The maximum absolute atomic E-state index is 6.56. The van der Waals surface area contributed by atoms with E-state index in [1.807, 2.05) is 14.2 Å². The summed E-state index contributed by atoms with van der Waals surface area (Å²) in [6.07, 6.45) is 7.46. The van der Waals surface area contributed by atoms with Crippen LogP contribution in [0.1, 0.15) is 80.1 Å². The molecule has 2 nitrogen and oxygen atoms in total. The van der Waals surface area contributed by atoms with E-state index in [9.17, 15) is 0 Å². The molecule has 0 aromatic rings. The van der Waals surface area contributed by atoms with E-state index in [4.69, 9.17) is 8.85 Å². The Labute approximate surface area is 149 Å². The fourth-order valence-electron chi connectivity index (χ4n) is 5.58. The first kappa shape index (κ1) is 23.4. The van der Waals surface area contributed by atoms with Crippen molar-refractivity contribution >= 4 is 16.6 Å². The summed E-state index contributed by atoms with van der Waals surface area (Å²) in [6.45, 7) is 14.2. The zero-order valence-electron chi connectivity index (χ0n) is 17.4. The molecule has 0 bridgehead atoms. The van der Waals surface area contributed by atoms with E-state index in [-0.39, 0.29) is 0 Å². The van der Waals surface area contributed by atoms with Gasteiger partial charge in [-0.15, -0.1) is 0 Å². The van der Waals surface area contributed by atoms with Crippen molar-refractivity contribution in [3.63, 3.8) is 0 Å². The lowest BCUT2D eigenvalue weighted by Gasteiger charge is -2.57. The maximum atomic E-state index is 6.56. The highest BCUT2D eigenvalue weighted by Gasteiger charge is 2.63. The third kappa shape index (κ3) is 4.31. The second-order valence-electron chi connectivity index (χ2n) is 7.19. The van der Waals surface area contributed by atoms with Crippen molar-refractivity contribution in [3.8, 4) is 0 Å². The monoisotopic (exact) mass is 360 g/mol. The van der Waals surface area contributed by atoms with Gasteiger partial charge in [0.15, 0.2) is 16.6 Å². The van der Waals surface area contributed by atoms with Crippen molar-refractivity contribution < 1.29 is 8.85 Å². The molecule has 140 valence electrons. The van der Waals surface area contributed by atoms with Crippen LogP contribution in [0.3, 0.4) is 0 Å². The molecule has 0 N–H and O–H groups in total. The van der Waals surface area contributed by atoms with Gasteiger partial charge in [-0.05, 0) is 24.2 Å². The highest BCUT2D eigenvalue weighted by atomic mass is 28.4. The first-order valence-corrected chi connectivity index (χ1v) is 14.7. The molecule has 0 rings (SSSR count). The Bertz CT molecular complexity index is 266. The summed E-state index contributed by atoms with van der Waals surface area (Å²) in [7, 11) is 0.350. The van der Waals surface area contributed by atoms with Crippen LogP contribution in [0.4, 0.5) is 0 Å². The van der Waals surface area contributed by atoms with E-state index in [0.717, 1.165) is 0 Å². The Morgan fingerprint density at radius 2 is 0.826 bits per heavy atom. The van der Waals surface area contributed by atoms with Crippen LogP contribution in [0.2, 0.25) is 28.8 Å². The lowest BCUT2D eigenvalue weighted by atomic mass is 10.2. The summed E-state index contributed by atoms with van der Waals surface area (Å²) in [5.41, 5.74) is 0. The summed E-state index contributed by atoms with van der Waals surface area (Å²) >= 11 is 0. The molecule has 0 aliphatic carbocycles. The average molecular weight is 361 g/mol. The first-order chi connectivity index (χ1) is 11.0. The van der Waals surface area contributed by atoms with Gasteiger partial charge in [-0.2, -0.15) is 0 Å². The van der Waals surface area contributed by atoms with Gasteiger partial charge in [0.1, 0.15) is 0 Å². The van der Waals surface area contributed by atoms with Gasteiger partial charge >= 0.3 is 0 Å². The predicted molar refractivity (Wildman–Crippen MR) is 109 cm³/mol. The molecule has 0 fully saturated rings. The molecule has 0 saturated heterocycles. The topological polar surface area (TPSA) is 18.5 Å². The predicted octanol–water partition coefficient (Wildman–Crippen LogP) is 6.91. The van der Waals surface area contributed by atoms with Crippen LogP contribution in [-0.4, -0.2) is 30.9 Å². The van der Waals surface area contributed by atoms with Crippen molar-refractivity contribution in [2.45, 2.75) is 109 Å². The van der Waals surface area contributed by atoms with Crippen molar-refractivity contribution in [3.05, 3.63) is 0 Å². The zero-order valence-corrected chi connectivity index (χ0v) is 19.4. The third-order valence-corrected chi connectivity index (χ3v) is 20.8. The van der Waals surface area contributed by atoms with Crippen molar-refractivity contribution in [1.82, 2.24) is 0 Å². The van der Waals surface area contributed by atoms with Crippen molar-refractivity contribution in [2.75, 3.05) is 14.2 Å². The van der Waals surface area contributed by atoms with Gasteiger partial charge in [0.2, 0.25) is 0 Å². The molecule has 0 aromatic carbocycles. The van der Waals surface area contributed by atoms with Crippen LogP contribution >= 0.6 is 0 Å². The molecular weight excluding hydrogens is 316 g/mol. The Morgan fingerprint density at radius 1 is 0.565 bits per heavy atom. The second kappa shape index (κ2) is 11.1. The SMILES string of the molecule is CCC[Si](CCC)(OC)C(CC)(CC)[Si](CCC)(CCC)OC. The van der Waals surface area contributed by atoms with Gasteiger partial charge in [-0.25, -0.2) is 0 Å². The van der Waals surface area contributed by atoms with Gasteiger partial charge in [-0.1, -0.05) is 80.1 Å². The Kier molecular flexibility index (Phi) is 11.2. The van der Waals surface area contributed by atoms with Gasteiger partial charge in [0.05, 0.1) is 0 Å². The molecule has 0 amide bonds. The molecule has 0 unspecified atom stereocenters. The lowest BCUT2D eigenvalue weighted by molar-refractivity contribution is 0.309. The number of hydrogen-bond acceptors (Lipinski definition) is 2. The van der Waals surface area contributed by atoms with Gasteiger partial charge < -0.3 is 8.85 Å². The smallest absolute Gasteiger partial charge is 0.197 e. The highest BCUT2D eigenvalue weighted by Crippen LogP contribution is 2.59. The molecular formula is C19H44O2Si2. The Morgan fingerprint density at radius 3 is 0.957 bits per heavy atom. The van der Waals surface area contributed by atoms with E-state index in [0.29, 0.717) is 4.66 Å². The van der Waals surface area contributed by atoms with Gasteiger partial charge in [-0.3, -0.25) is 0 Å². The van der Waals surface area contributed by atoms with Crippen LogP contribution in [0.5, 0.6) is 0 Å². The van der Waals surface area contributed by atoms with E-state index >= 15 is 0 Å². The summed E-state index contributed by atoms with van der Waals surface area (Å²) in [4.78, 5) is 0. The molecule has 0 aliphatic rings. The summed E-state index contributed by atoms with van der Waals surface area (Å²) < 4.78 is 13.5. The largest absolute Gasteiger partial charge is 0.420 e. The normalized spacial score (nSPS) is 13.6. The summed E-state index contributed by atoms with van der Waals surface area (Å²) in [5.74, 6) is 0. The van der Waals surface area contributed by atoms with Crippen LogP contribution in [0.25, 0.3) is 0 Å². The van der Waals surface area contributed by atoms with E-state index in [2.05, 4.69) is 41.5 Å². The Balaban J connectivity index is 6.35. The quantitative estimate of drug-likeness (QED) is 0.313. The minimum atomic E-state index is -1.84. The molecule has 23 heavy (non-hydrogen) atoms. The zero-order chi connectivity index (χ0) is 18.0. The van der Waals surface area contributed by atoms with Crippen LogP contribution < -0.4 is 0 Å². The first-order valence-electron chi connectivity index (χ1n) is 10.1. The van der Waals surface area contributed by atoms with Crippen LogP contribution in [0, 0.1) is 0 Å². The highest BCUT2D eigenvalue weighted by molar-refractivity contribution is 6.96. The molecule has 0 spiro atoms. The van der Waals surface area contributed by atoms with Crippen molar-refractivity contribution in [1.29, 1.82) is 0 Å². The fraction of sp³-hybridized carbons (Fsp3) is 1.00. The molecule has 0 heterocycles. The summed E-state index contributed by atoms with van der Waals surface area (Å²) in [6, 6.07) is 5.18. The van der Waals surface area contributed by atoms with Gasteiger partial charge in [0, 0.05) is 18.9 Å². The lowest BCUT2D eigenvalue weighted by Crippen LogP contribution is -2.64. The molecule has 0 atom stereocenters.